The van der Waals surface area contributed by atoms with Crippen molar-refractivity contribution in [3.63, 3.8) is 0 Å². The zero-order valence-corrected chi connectivity index (χ0v) is 5.95. The SMILES string of the molecule is O=Cc1cc(F)cc(C(=O)O)c1. The zero-order valence-electron chi connectivity index (χ0n) is 5.95. The van der Waals surface area contributed by atoms with Gasteiger partial charge in [0.1, 0.15) is 12.1 Å². The molecule has 0 bridgehead atoms. The van der Waals surface area contributed by atoms with Gasteiger partial charge in [-0.05, 0) is 18.2 Å². The Morgan fingerprint density at radius 2 is 2.08 bits per heavy atom. The molecular weight excluding hydrogens is 163 g/mol. The molecule has 0 saturated heterocycles. The summed E-state index contributed by atoms with van der Waals surface area (Å²) in [7, 11) is 0. The normalized spacial score (nSPS) is 9.42. The number of carboxylic acid groups (broad SMARTS) is 1. The van der Waals surface area contributed by atoms with Gasteiger partial charge in [0.25, 0.3) is 0 Å². The number of rotatable bonds is 2. The van der Waals surface area contributed by atoms with Crippen molar-refractivity contribution in [2.24, 2.45) is 0 Å². The van der Waals surface area contributed by atoms with E-state index < -0.39 is 11.8 Å². The summed E-state index contributed by atoms with van der Waals surface area (Å²) in [6.07, 6.45) is 0.398. The van der Waals surface area contributed by atoms with Crippen LogP contribution in [0, 0.1) is 5.82 Å². The van der Waals surface area contributed by atoms with Crippen LogP contribution in [0.3, 0.4) is 0 Å². The van der Waals surface area contributed by atoms with E-state index in [2.05, 4.69) is 0 Å². The molecule has 1 aromatic carbocycles. The first-order chi connectivity index (χ1) is 5.63. The molecule has 0 unspecified atom stereocenters. The molecule has 0 aliphatic heterocycles. The molecule has 0 aliphatic rings. The van der Waals surface area contributed by atoms with Crippen molar-refractivity contribution in [2.75, 3.05) is 0 Å². The first kappa shape index (κ1) is 8.39. The summed E-state index contributed by atoms with van der Waals surface area (Å²) in [6, 6.07) is 2.94. The van der Waals surface area contributed by atoms with Gasteiger partial charge in [0.2, 0.25) is 0 Å². The third-order valence-corrected chi connectivity index (χ3v) is 1.30. The van der Waals surface area contributed by atoms with Gasteiger partial charge in [-0.2, -0.15) is 0 Å². The highest BCUT2D eigenvalue weighted by Crippen LogP contribution is 2.07. The lowest BCUT2D eigenvalue weighted by Crippen LogP contribution is -1.98. The maximum absolute atomic E-state index is 12.6. The Bertz CT molecular complexity index is 333. The van der Waals surface area contributed by atoms with Gasteiger partial charge in [-0.1, -0.05) is 0 Å². The second kappa shape index (κ2) is 3.13. The number of aldehydes is 1. The molecule has 3 nitrogen and oxygen atoms in total. The minimum absolute atomic E-state index is 0.0207. The first-order valence-electron chi connectivity index (χ1n) is 3.12. The Labute approximate surface area is 67.4 Å². The molecule has 62 valence electrons. The van der Waals surface area contributed by atoms with E-state index in [4.69, 9.17) is 5.11 Å². The molecule has 0 spiro atoms. The molecule has 0 amide bonds. The highest BCUT2D eigenvalue weighted by atomic mass is 19.1. The quantitative estimate of drug-likeness (QED) is 0.678. The maximum Gasteiger partial charge on any atom is 0.335 e. The van der Waals surface area contributed by atoms with Crippen molar-refractivity contribution in [1.82, 2.24) is 0 Å². The maximum atomic E-state index is 12.6. The zero-order chi connectivity index (χ0) is 9.14. The monoisotopic (exact) mass is 168 g/mol. The van der Waals surface area contributed by atoms with E-state index in [9.17, 15) is 14.0 Å². The molecule has 12 heavy (non-hydrogen) atoms. The molecule has 1 aromatic rings. The Morgan fingerprint density at radius 1 is 1.42 bits per heavy atom. The third-order valence-electron chi connectivity index (χ3n) is 1.30. The number of benzene rings is 1. The first-order valence-corrected chi connectivity index (χ1v) is 3.12. The summed E-state index contributed by atoms with van der Waals surface area (Å²) in [5.41, 5.74) is -0.204. The van der Waals surface area contributed by atoms with Crippen molar-refractivity contribution in [3.05, 3.63) is 35.1 Å². The predicted octanol–water partition coefficient (Wildman–Crippen LogP) is 1.34. The number of aromatic carboxylic acids is 1. The number of carboxylic acids is 1. The number of carbonyl (C=O) groups is 2. The topological polar surface area (TPSA) is 54.4 Å². The Kier molecular flexibility index (Phi) is 2.19. The van der Waals surface area contributed by atoms with Crippen LogP contribution in [-0.2, 0) is 0 Å². The molecule has 0 heterocycles. The molecular formula is C8H5FO3. The fourth-order valence-corrected chi connectivity index (χ4v) is 0.804. The molecule has 0 atom stereocenters. The van der Waals surface area contributed by atoms with E-state index in [0.29, 0.717) is 6.29 Å². The molecule has 1 rings (SSSR count). The van der Waals surface area contributed by atoms with Crippen LogP contribution in [-0.4, -0.2) is 17.4 Å². The lowest BCUT2D eigenvalue weighted by atomic mass is 10.1. The summed E-state index contributed by atoms with van der Waals surface area (Å²) in [6.45, 7) is 0. The van der Waals surface area contributed by atoms with E-state index in [0.717, 1.165) is 18.2 Å². The Hall–Kier alpha value is -1.71. The third kappa shape index (κ3) is 1.66. The number of hydrogen-bond donors (Lipinski definition) is 1. The van der Waals surface area contributed by atoms with Crippen LogP contribution in [0.2, 0.25) is 0 Å². The molecule has 0 fully saturated rings. The standard InChI is InChI=1S/C8H5FO3/c9-7-2-5(4-10)1-6(3-7)8(11)12/h1-4H,(H,11,12). The summed E-state index contributed by atoms with van der Waals surface area (Å²) in [5.74, 6) is -1.98. The summed E-state index contributed by atoms with van der Waals surface area (Å²) < 4.78 is 12.6. The molecule has 0 saturated carbocycles. The van der Waals surface area contributed by atoms with Crippen LogP contribution in [0.15, 0.2) is 18.2 Å². The van der Waals surface area contributed by atoms with Gasteiger partial charge in [-0.25, -0.2) is 9.18 Å². The van der Waals surface area contributed by atoms with Crippen LogP contribution >= 0.6 is 0 Å². The summed E-state index contributed by atoms with van der Waals surface area (Å²) in [4.78, 5) is 20.5. The fraction of sp³-hybridized carbons (Fsp3) is 0. The van der Waals surface area contributed by atoms with Crippen LogP contribution in [0.1, 0.15) is 20.7 Å². The van der Waals surface area contributed by atoms with Gasteiger partial charge < -0.3 is 5.11 Å². The van der Waals surface area contributed by atoms with Crippen molar-refractivity contribution in [2.45, 2.75) is 0 Å². The van der Waals surface area contributed by atoms with Gasteiger partial charge in [-0.15, -0.1) is 0 Å². The highest BCUT2D eigenvalue weighted by molar-refractivity contribution is 5.90. The number of hydrogen-bond acceptors (Lipinski definition) is 2. The largest absolute Gasteiger partial charge is 0.478 e. The van der Waals surface area contributed by atoms with Crippen molar-refractivity contribution < 1.29 is 19.1 Å². The minimum atomic E-state index is -1.25. The minimum Gasteiger partial charge on any atom is -0.478 e. The van der Waals surface area contributed by atoms with Crippen LogP contribution in [0.4, 0.5) is 4.39 Å². The van der Waals surface area contributed by atoms with Gasteiger partial charge in [-0.3, -0.25) is 4.79 Å². The number of halogens is 1. The van der Waals surface area contributed by atoms with Gasteiger partial charge in [0.05, 0.1) is 5.56 Å². The van der Waals surface area contributed by atoms with Crippen molar-refractivity contribution >= 4 is 12.3 Å². The molecule has 0 aliphatic carbocycles. The van der Waals surface area contributed by atoms with E-state index in [1.165, 1.54) is 0 Å². The second-order valence-corrected chi connectivity index (χ2v) is 2.20. The second-order valence-electron chi connectivity index (χ2n) is 2.20. The number of carbonyl (C=O) groups excluding carboxylic acids is 1. The smallest absolute Gasteiger partial charge is 0.335 e. The van der Waals surface area contributed by atoms with Crippen molar-refractivity contribution in [1.29, 1.82) is 0 Å². The molecule has 0 aromatic heterocycles. The Balaban J connectivity index is 3.23. The summed E-state index contributed by atoms with van der Waals surface area (Å²) in [5, 5.41) is 8.45. The van der Waals surface area contributed by atoms with Gasteiger partial charge >= 0.3 is 5.97 Å². The van der Waals surface area contributed by atoms with Crippen molar-refractivity contribution in [3.8, 4) is 0 Å². The van der Waals surface area contributed by atoms with E-state index >= 15 is 0 Å². The van der Waals surface area contributed by atoms with Gasteiger partial charge in [0.15, 0.2) is 0 Å². The van der Waals surface area contributed by atoms with Crippen LogP contribution < -0.4 is 0 Å². The van der Waals surface area contributed by atoms with E-state index in [-0.39, 0.29) is 11.1 Å². The van der Waals surface area contributed by atoms with Crippen LogP contribution in [0.25, 0.3) is 0 Å². The summed E-state index contributed by atoms with van der Waals surface area (Å²) >= 11 is 0. The fourth-order valence-electron chi connectivity index (χ4n) is 0.804. The molecule has 4 heteroatoms. The Morgan fingerprint density at radius 3 is 2.58 bits per heavy atom. The van der Waals surface area contributed by atoms with E-state index in [1.807, 2.05) is 0 Å². The van der Waals surface area contributed by atoms with E-state index in [1.54, 1.807) is 0 Å². The average Bonchev–Trinajstić information content (AvgIpc) is 2.03. The lowest BCUT2D eigenvalue weighted by Gasteiger charge is -1.95. The lowest BCUT2D eigenvalue weighted by molar-refractivity contribution is 0.0696. The average molecular weight is 168 g/mol. The highest BCUT2D eigenvalue weighted by Gasteiger charge is 2.05. The molecule has 0 radical (unpaired) electrons. The van der Waals surface area contributed by atoms with Gasteiger partial charge in [0, 0.05) is 5.56 Å². The van der Waals surface area contributed by atoms with Crippen LogP contribution in [0.5, 0.6) is 0 Å². The molecule has 1 N–H and O–H groups in total. The predicted molar refractivity (Wildman–Crippen MR) is 38.7 cm³/mol.